The van der Waals surface area contributed by atoms with Crippen LogP contribution < -0.4 is 10.6 Å². The van der Waals surface area contributed by atoms with Gasteiger partial charge in [0.2, 0.25) is 0 Å². The predicted molar refractivity (Wildman–Crippen MR) is 72.1 cm³/mol. The molecule has 94 valence electrons. The van der Waals surface area contributed by atoms with E-state index in [1.54, 1.807) is 6.07 Å². The molecule has 0 aliphatic rings. The Bertz CT molecular complexity index is 389. The van der Waals surface area contributed by atoms with Crippen LogP contribution in [-0.2, 0) is 0 Å². The number of aliphatic hydroxyl groups is 1. The molecule has 1 aromatic carbocycles. The zero-order valence-corrected chi connectivity index (χ0v) is 10.7. The van der Waals surface area contributed by atoms with Crippen LogP contribution in [0, 0.1) is 5.41 Å². The summed E-state index contributed by atoms with van der Waals surface area (Å²) in [5, 5.41) is 17.1. The fraction of sp³-hybridized carbons (Fsp3) is 0.417. The van der Waals surface area contributed by atoms with Crippen LogP contribution in [0.25, 0.3) is 0 Å². The van der Waals surface area contributed by atoms with Gasteiger partial charge in [0.25, 0.3) is 0 Å². The van der Waals surface area contributed by atoms with Gasteiger partial charge in [-0.05, 0) is 18.6 Å². The van der Waals surface area contributed by atoms with Gasteiger partial charge < -0.3 is 15.7 Å². The first-order valence-electron chi connectivity index (χ1n) is 5.60. The minimum absolute atomic E-state index is 0.0513. The molecule has 0 bridgehead atoms. The second-order valence-electron chi connectivity index (χ2n) is 3.76. The molecule has 0 unspecified atom stereocenters. The normalized spacial score (nSPS) is 10.3. The number of nitrogens with two attached hydrogens (primary N) is 1. The number of aliphatic hydroxyl groups excluding tert-OH is 1. The van der Waals surface area contributed by atoms with Gasteiger partial charge in [-0.2, -0.15) is 0 Å². The maximum atomic E-state index is 9.06. The number of nitrogens with zero attached hydrogens (tertiary/aromatic N) is 1. The molecule has 1 rings (SSSR count). The van der Waals surface area contributed by atoms with Crippen molar-refractivity contribution >= 4 is 23.1 Å². The zero-order valence-electron chi connectivity index (χ0n) is 9.91. The van der Waals surface area contributed by atoms with Crippen molar-refractivity contribution in [2.75, 3.05) is 24.6 Å². The lowest BCUT2D eigenvalue weighted by molar-refractivity contribution is 0.302. The molecule has 0 spiro atoms. The standard InChI is InChI=1S/C12H18ClN3O/c1-2-6-16(7-8-17)10-5-3-4-9(13)11(10)12(14)15/h3-5,17H,2,6-8H2,1H3,(H3,14,15). The lowest BCUT2D eigenvalue weighted by atomic mass is 10.1. The monoisotopic (exact) mass is 255 g/mol. The van der Waals surface area contributed by atoms with E-state index in [9.17, 15) is 0 Å². The van der Waals surface area contributed by atoms with E-state index < -0.39 is 0 Å². The summed E-state index contributed by atoms with van der Waals surface area (Å²) in [5.74, 6) is -0.0513. The fourth-order valence-electron chi connectivity index (χ4n) is 1.79. The summed E-state index contributed by atoms with van der Waals surface area (Å²) in [6.45, 7) is 3.42. The molecule has 0 fully saturated rings. The minimum Gasteiger partial charge on any atom is -0.395 e. The quantitative estimate of drug-likeness (QED) is 0.536. The average Bonchev–Trinajstić information content (AvgIpc) is 2.28. The van der Waals surface area contributed by atoms with Crippen LogP contribution >= 0.6 is 11.6 Å². The van der Waals surface area contributed by atoms with E-state index >= 15 is 0 Å². The third-order valence-electron chi connectivity index (χ3n) is 2.47. The van der Waals surface area contributed by atoms with Crippen molar-refractivity contribution in [3.63, 3.8) is 0 Å². The Hall–Kier alpha value is -1.26. The fourth-order valence-corrected chi connectivity index (χ4v) is 2.06. The van der Waals surface area contributed by atoms with Crippen LogP contribution in [0.15, 0.2) is 18.2 Å². The molecule has 0 saturated heterocycles. The van der Waals surface area contributed by atoms with Gasteiger partial charge >= 0.3 is 0 Å². The number of nitrogens with one attached hydrogen (secondary N) is 1. The van der Waals surface area contributed by atoms with Gasteiger partial charge in [-0.25, -0.2) is 0 Å². The first-order chi connectivity index (χ1) is 8.11. The van der Waals surface area contributed by atoms with Crippen LogP contribution in [0.1, 0.15) is 18.9 Å². The summed E-state index contributed by atoms with van der Waals surface area (Å²) in [4.78, 5) is 1.99. The van der Waals surface area contributed by atoms with Crippen LogP contribution in [0.2, 0.25) is 5.02 Å². The highest BCUT2D eigenvalue weighted by Gasteiger charge is 2.14. The highest BCUT2D eigenvalue weighted by atomic mass is 35.5. The number of hydrogen-bond donors (Lipinski definition) is 3. The minimum atomic E-state index is -0.0513. The van der Waals surface area contributed by atoms with E-state index in [1.807, 2.05) is 17.0 Å². The molecule has 4 nitrogen and oxygen atoms in total. The Kier molecular flexibility index (Phi) is 5.25. The number of amidine groups is 1. The van der Waals surface area contributed by atoms with Gasteiger partial charge in [0, 0.05) is 18.8 Å². The molecule has 0 heterocycles. The van der Waals surface area contributed by atoms with E-state index in [0.29, 0.717) is 17.1 Å². The average molecular weight is 256 g/mol. The molecular formula is C12H18ClN3O. The van der Waals surface area contributed by atoms with Crippen LogP contribution in [0.4, 0.5) is 5.69 Å². The molecule has 0 saturated carbocycles. The Morgan fingerprint density at radius 2 is 2.18 bits per heavy atom. The van der Waals surface area contributed by atoms with Crippen molar-refractivity contribution in [3.05, 3.63) is 28.8 Å². The maximum Gasteiger partial charge on any atom is 0.126 e. The second kappa shape index (κ2) is 6.47. The molecule has 0 amide bonds. The Morgan fingerprint density at radius 1 is 1.47 bits per heavy atom. The Labute approximate surface area is 107 Å². The van der Waals surface area contributed by atoms with Gasteiger partial charge in [-0.3, -0.25) is 5.41 Å². The lowest BCUT2D eigenvalue weighted by Gasteiger charge is -2.26. The number of anilines is 1. The summed E-state index contributed by atoms with van der Waals surface area (Å²) in [5.41, 5.74) is 6.90. The van der Waals surface area contributed by atoms with Gasteiger partial charge in [-0.1, -0.05) is 24.6 Å². The van der Waals surface area contributed by atoms with Crippen molar-refractivity contribution in [1.29, 1.82) is 5.41 Å². The van der Waals surface area contributed by atoms with Crippen LogP contribution in [-0.4, -0.2) is 30.6 Å². The number of halogens is 1. The predicted octanol–water partition coefficient (Wildman–Crippen LogP) is 1.83. The lowest BCUT2D eigenvalue weighted by Crippen LogP contribution is -2.30. The van der Waals surface area contributed by atoms with Gasteiger partial charge in [0.05, 0.1) is 17.2 Å². The Balaban J connectivity index is 3.17. The summed E-state index contributed by atoms with van der Waals surface area (Å²) < 4.78 is 0. The van der Waals surface area contributed by atoms with E-state index in [1.165, 1.54) is 0 Å². The molecule has 17 heavy (non-hydrogen) atoms. The largest absolute Gasteiger partial charge is 0.395 e. The maximum absolute atomic E-state index is 9.06. The van der Waals surface area contributed by atoms with E-state index in [0.717, 1.165) is 18.7 Å². The topological polar surface area (TPSA) is 73.3 Å². The van der Waals surface area contributed by atoms with Crippen LogP contribution in [0.5, 0.6) is 0 Å². The van der Waals surface area contributed by atoms with Crippen molar-refractivity contribution in [1.82, 2.24) is 0 Å². The van der Waals surface area contributed by atoms with Gasteiger partial charge in [0.15, 0.2) is 0 Å². The third-order valence-corrected chi connectivity index (χ3v) is 2.78. The summed E-state index contributed by atoms with van der Waals surface area (Å²) in [6, 6.07) is 5.41. The highest BCUT2D eigenvalue weighted by Crippen LogP contribution is 2.27. The summed E-state index contributed by atoms with van der Waals surface area (Å²) in [6.07, 6.45) is 0.948. The SMILES string of the molecule is CCCN(CCO)c1cccc(Cl)c1C(=N)N. The first kappa shape index (κ1) is 13.8. The van der Waals surface area contributed by atoms with Crippen molar-refractivity contribution in [2.24, 2.45) is 5.73 Å². The van der Waals surface area contributed by atoms with E-state index in [2.05, 4.69) is 6.92 Å². The smallest absolute Gasteiger partial charge is 0.126 e. The van der Waals surface area contributed by atoms with E-state index in [4.69, 9.17) is 27.9 Å². The third kappa shape index (κ3) is 3.35. The van der Waals surface area contributed by atoms with Crippen molar-refractivity contribution in [3.8, 4) is 0 Å². The highest BCUT2D eigenvalue weighted by molar-refractivity contribution is 6.34. The molecule has 0 aromatic heterocycles. The molecule has 1 aromatic rings. The first-order valence-corrected chi connectivity index (χ1v) is 5.98. The Morgan fingerprint density at radius 3 is 2.71 bits per heavy atom. The number of rotatable bonds is 6. The zero-order chi connectivity index (χ0) is 12.8. The number of nitrogen functional groups attached to an aromatic ring is 1. The van der Waals surface area contributed by atoms with Gasteiger partial charge in [0.1, 0.15) is 5.84 Å². The molecule has 0 aliphatic carbocycles. The molecule has 0 radical (unpaired) electrons. The molecule has 5 heteroatoms. The molecule has 4 N–H and O–H groups in total. The van der Waals surface area contributed by atoms with E-state index in [-0.39, 0.29) is 12.4 Å². The molecule has 0 aliphatic heterocycles. The summed E-state index contributed by atoms with van der Waals surface area (Å²) >= 11 is 6.06. The van der Waals surface area contributed by atoms with Crippen LogP contribution in [0.3, 0.4) is 0 Å². The number of benzene rings is 1. The molecular weight excluding hydrogens is 238 g/mol. The van der Waals surface area contributed by atoms with Crippen molar-refractivity contribution in [2.45, 2.75) is 13.3 Å². The molecule has 0 atom stereocenters. The van der Waals surface area contributed by atoms with Gasteiger partial charge in [-0.15, -0.1) is 0 Å². The van der Waals surface area contributed by atoms with Crippen molar-refractivity contribution < 1.29 is 5.11 Å². The summed E-state index contributed by atoms with van der Waals surface area (Å²) in [7, 11) is 0. The number of hydrogen-bond acceptors (Lipinski definition) is 3. The second-order valence-corrected chi connectivity index (χ2v) is 4.17.